The molecule has 1 saturated heterocycles. The van der Waals surface area contributed by atoms with Crippen LogP contribution >= 0.6 is 15.9 Å². The first kappa shape index (κ1) is 14.7. The van der Waals surface area contributed by atoms with E-state index in [0.717, 1.165) is 29.5 Å². The summed E-state index contributed by atoms with van der Waals surface area (Å²) in [6.07, 6.45) is 1.14. The molecule has 2 rings (SSSR count). The molecule has 0 N–H and O–H groups in total. The van der Waals surface area contributed by atoms with Gasteiger partial charge >= 0.3 is 0 Å². The lowest BCUT2D eigenvalue weighted by Gasteiger charge is -2.24. The second-order valence-corrected chi connectivity index (χ2v) is 6.36. The van der Waals surface area contributed by atoms with Crippen LogP contribution in [0.5, 0.6) is 0 Å². The molecular formula is C15H21BrN2O. The average Bonchev–Trinajstić information content (AvgIpc) is 2.87. The maximum absolute atomic E-state index is 12.4. The molecule has 2 unspecified atom stereocenters. The molecule has 19 heavy (non-hydrogen) atoms. The lowest BCUT2D eigenvalue weighted by molar-refractivity contribution is 0.0859. The fourth-order valence-corrected chi connectivity index (χ4v) is 2.83. The first-order chi connectivity index (χ1) is 8.99. The van der Waals surface area contributed by atoms with Gasteiger partial charge in [-0.2, -0.15) is 0 Å². The molecule has 0 amide bonds. The molecule has 1 aromatic carbocycles. The lowest BCUT2D eigenvalue weighted by atomic mass is 10.0. The predicted molar refractivity (Wildman–Crippen MR) is 81.6 cm³/mol. The van der Waals surface area contributed by atoms with E-state index in [9.17, 15) is 4.79 Å². The number of rotatable bonds is 4. The Labute approximate surface area is 123 Å². The molecule has 0 spiro atoms. The summed E-state index contributed by atoms with van der Waals surface area (Å²) in [5.74, 6) is 0.215. The van der Waals surface area contributed by atoms with E-state index >= 15 is 0 Å². The summed E-state index contributed by atoms with van der Waals surface area (Å²) in [5, 5.41) is 0. The van der Waals surface area contributed by atoms with Gasteiger partial charge in [0.25, 0.3) is 0 Å². The number of hydrogen-bond acceptors (Lipinski definition) is 3. The number of nitrogens with zero attached hydrogens (tertiary/aromatic N) is 2. The minimum atomic E-state index is -0.0360. The Morgan fingerprint density at radius 1 is 1.37 bits per heavy atom. The second kappa shape index (κ2) is 6.16. The minimum absolute atomic E-state index is 0.0360. The summed E-state index contributed by atoms with van der Waals surface area (Å²) in [7, 11) is 4.21. The summed E-state index contributed by atoms with van der Waals surface area (Å²) in [4.78, 5) is 17.0. The van der Waals surface area contributed by atoms with Gasteiger partial charge in [-0.25, -0.2) is 0 Å². The van der Waals surface area contributed by atoms with Gasteiger partial charge in [0.1, 0.15) is 0 Å². The van der Waals surface area contributed by atoms with Crippen LogP contribution in [-0.2, 0) is 0 Å². The van der Waals surface area contributed by atoms with Crippen molar-refractivity contribution in [2.45, 2.75) is 25.4 Å². The molecule has 2 atom stereocenters. The van der Waals surface area contributed by atoms with Crippen molar-refractivity contribution in [1.82, 2.24) is 9.80 Å². The van der Waals surface area contributed by atoms with Crippen LogP contribution in [0.3, 0.4) is 0 Å². The van der Waals surface area contributed by atoms with Crippen LogP contribution in [0.4, 0.5) is 0 Å². The third-order valence-corrected chi connectivity index (χ3v) is 4.51. The average molecular weight is 325 g/mol. The molecule has 104 valence electrons. The Hall–Kier alpha value is -0.710. The van der Waals surface area contributed by atoms with Crippen molar-refractivity contribution in [1.29, 1.82) is 0 Å². The van der Waals surface area contributed by atoms with Gasteiger partial charge in [-0.15, -0.1) is 0 Å². The van der Waals surface area contributed by atoms with E-state index in [2.05, 4.69) is 39.8 Å². The number of hydrogen-bond donors (Lipinski definition) is 0. The molecule has 0 aromatic heterocycles. The molecule has 4 heteroatoms. The fourth-order valence-electron chi connectivity index (χ4n) is 2.56. The van der Waals surface area contributed by atoms with Crippen LogP contribution in [0, 0.1) is 0 Å². The van der Waals surface area contributed by atoms with Crippen molar-refractivity contribution in [3.8, 4) is 0 Å². The first-order valence-electron chi connectivity index (χ1n) is 6.69. The highest BCUT2D eigenvalue weighted by Crippen LogP contribution is 2.19. The van der Waals surface area contributed by atoms with Crippen LogP contribution in [0.15, 0.2) is 28.7 Å². The van der Waals surface area contributed by atoms with Gasteiger partial charge in [-0.3, -0.25) is 9.69 Å². The minimum Gasteiger partial charge on any atom is -0.305 e. The summed E-state index contributed by atoms with van der Waals surface area (Å²) in [5.41, 5.74) is 0.795. The molecule has 0 saturated carbocycles. The summed E-state index contributed by atoms with van der Waals surface area (Å²) >= 11 is 3.39. The maximum atomic E-state index is 12.4. The molecule has 1 aromatic rings. The van der Waals surface area contributed by atoms with Crippen molar-refractivity contribution in [3.63, 3.8) is 0 Å². The van der Waals surface area contributed by atoms with Gasteiger partial charge in [0.2, 0.25) is 0 Å². The highest BCUT2D eigenvalue weighted by molar-refractivity contribution is 9.10. The SMILES string of the molecule is CC(C(=O)c1ccc(Br)cc1)N1CCC(N(C)C)C1. The molecule has 1 heterocycles. The number of carbonyl (C=O) groups is 1. The largest absolute Gasteiger partial charge is 0.305 e. The number of carbonyl (C=O) groups excluding carboxylic acids is 1. The Morgan fingerprint density at radius 3 is 2.53 bits per heavy atom. The van der Waals surface area contributed by atoms with Crippen LogP contribution in [0.25, 0.3) is 0 Å². The van der Waals surface area contributed by atoms with Gasteiger partial charge in [0, 0.05) is 29.2 Å². The van der Waals surface area contributed by atoms with Gasteiger partial charge in [0.15, 0.2) is 5.78 Å². The van der Waals surface area contributed by atoms with Crippen LogP contribution in [0.2, 0.25) is 0 Å². The highest BCUT2D eigenvalue weighted by atomic mass is 79.9. The van der Waals surface area contributed by atoms with Crippen molar-refractivity contribution in [2.24, 2.45) is 0 Å². The number of benzene rings is 1. The number of likely N-dealkylation sites (tertiary alicyclic amines) is 1. The zero-order valence-electron chi connectivity index (χ0n) is 11.8. The maximum Gasteiger partial charge on any atom is 0.179 e. The Kier molecular flexibility index (Phi) is 4.76. The summed E-state index contributed by atoms with van der Waals surface area (Å²) in [6, 6.07) is 8.16. The number of Topliss-reactive ketones (excluding diaryl/α,β-unsaturated/α-hetero) is 1. The summed E-state index contributed by atoms with van der Waals surface area (Å²) < 4.78 is 1.01. The normalized spacial score (nSPS) is 21.8. The topological polar surface area (TPSA) is 23.6 Å². The van der Waals surface area contributed by atoms with Gasteiger partial charge in [0.05, 0.1) is 6.04 Å². The monoisotopic (exact) mass is 324 g/mol. The van der Waals surface area contributed by atoms with Crippen LogP contribution in [-0.4, -0.2) is 54.9 Å². The zero-order valence-corrected chi connectivity index (χ0v) is 13.4. The lowest BCUT2D eigenvalue weighted by Crippen LogP contribution is -2.39. The third kappa shape index (κ3) is 3.44. The molecule has 3 nitrogen and oxygen atoms in total. The van der Waals surface area contributed by atoms with E-state index in [-0.39, 0.29) is 11.8 Å². The van der Waals surface area contributed by atoms with Gasteiger partial charge in [-0.05, 0) is 39.6 Å². The van der Waals surface area contributed by atoms with Crippen LogP contribution in [0.1, 0.15) is 23.7 Å². The van der Waals surface area contributed by atoms with Crippen molar-refractivity contribution >= 4 is 21.7 Å². The zero-order chi connectivity index (χ0) is 14.0. The number of likely N-dealkylation sites (N-methyl/N-ethyl adjacent to an activating group) is 1. The van der Waals surface area contributed by atoms with Gasteiger partial charge in [-0.1, -0.05) is 28.1 Å². The molecule has 0 radical (unpaired) electrons. The standard InChI is InChI=1S/C15H21BrN2O/c1-11(18-9-8-14(10-18)17(2)3)15(19)12-4-6-13(16)7-5-12/h4-7,11,14H,8-10H2,1-3H3. The molecule has 1 aliphatic rings. The fraction of sp³-hybridized carbons (Fsp3) is 0.533. The van der Waals surface area contributed by atoms with E-state index in [1.54, 1.807) is 0 Å². The summed E-state index contributed by atoms with van der Waals surface area (Å²) in [6.45, 7) is 4.01. The van der Waals surface area contributed by atoms with E-state index in [1.807, 2.05) is 31.2 Å². The number of halogens is 1. The highest BCUT2D eigenvalue weighted by Gasteiger charge is 2.30. The van der Waals surface area contributed by atoms with Crippen LogP contribution < -0.4 is 0 Å². The molecule has 0 aliphatic carbocycles. The van der Waals surface area contributed by atoms with Crippen molar-refractivity contribution in [3.05, 3.63) is 34.3 Å². The number of ketones is 1. The second-order valence-electron chi connectivity index (χ2n) is 5.45. The van der Waals surface area contributed by atoms with Gasteiger partial charge < -0.3 is 4.90 Å². The molecule has 1 fully saturated rings. The molecule has 0 bridgehead atoms. The van der Waals surface area contributed by atoms with E-state index in [4.69, 9.17) is 0 Å². The first-order valence-corrected chi connectivity index (χ1v) is 7.48. The predicted octanol–water partition coefficient (Wildman–Crippen LogP) is 2.66. The van der Waals surface area contributed by atoms with E-state index in [0.29, 0.717) is 6.04 Å². The Morgan fingerprint density at radius 2 is 2.00 bits per heavy atom. The van der Waals surface area contributed by atoms with E-state index in [1.165, 1.54) is 0 Å². The molecule has 1 aliphatic heterocycles. The van der Waals surface area contributed by atoms with Crippen molar-refractivity contribution < 1.29 is 4.79 Å². The Bertz CT molecular complexity index is 444. The molecular weight excluding hydrogens is 304 g/mol. The van der Waals surface area contributed by atoms with Crippen molar-refractivity contribution in [2.75, 3.05) is 27.2 Å². The third-order valence-electron chi connectivity index (χ3n) is 3.98. The quantitative estimate of drug-likeness (QED) is 0.795. The smallest absolute Gasteiger partial charge is 0.179 e. The van der Waals surface area contributed by atoms with E-state index < -0.39 is 0 Å². The Balaban J connectivity index is 2.02.